The Bertz CT molecular complexity index is 318. The highest BCUT2D eigenvalue weighted by Gasteiger charge is 2.56. The van der Waals surface area contributed by atoms with E-state index < -0.39 is 49.7 Å². The van der Waals surface area contributed by atoms with Gasteiger partial charge in [-0.3, -0.25) is 0 Å². The molecule has 0 saturated carbocycles. The molecule has 0 radical (unpaired) electrons. The Morgan fingerprint density at radius 2 is 1.05 bits per heavy atom. The van der Waals surface area contributed by atoms with Gasteiger partial charge in [-0.25, -0.2) is 35.1 Å². The fourth-order valence-electron chi connectivity index (χ4n) is 1.47. The van der Waals surface area contributed by atoms with Crippen molar-refractivity contribution < 1.29 is 39.9 Å². The lowest BCUT2D eigenvalue weighted by Crippen LogP contribution is -2.53. The zero-order valence-corrected chi connectivity index (χ0v) is 10.7. The van der Waals surface area contributed by atoms with Gasteiger partial charge in [-0.15, -0.1) is 13.2 Å². The molecule has 0 saturated heterocycles. The van der Waals surface area contributed by atoms with E-state index in [0.717, 1.165) is 0 Å². The first-order chi connectivity index (χ1) is 9.54. The van der Waals surface area contributed by atoms with Gasteiger partial charge < -0.3 is 4.74 Å². The molecule has 0 aliphatic carbocycles. The minimum Gasteiger partial charge on any atom is -0.302 e. The molecule has 1 nitrogen and oxygen atoms in total. The molecule has 9 heteroatoms. The molecule has 124 valence electrons. The molecule has 0 spiro atoms. The maximum Gasteiger partial charge on any atom is 0.275 e. The maximum absolute atomic E-state index is 14.0. The van der Waals surface area contributed by atoms with E-state index in [1.807, 2.05) is 0 Å². The monoisotopic (exact) mass is 326 g/mol. The molecule has 0 aliphatic rings. The van der Waals surface area contributed by atoms with E-state index in [1.54, 1.807) is 0 Å². The average Bonchev–Trinajstić information content (AvgIpc) is 2.36. The normalized spacial score (nSPS) is 20.7. The van der Waals surface area contributed by atoms with E-state index in [9.17, 15) is 35.1 Å². The SMILES string of the molecule is C=CCC(F)(OC(F)(CC=C)C(F)C(F)F)C(F)C(F)F. The van der Waals surface area contributed by atoms with Gasteiger partial charge >= 0.3 is 0 Å². The number of ether oxygens (including phenoxy) is 1. The Labute approximate surface area is 116 Å². The van der Waals surface area contributed by atoms with Gasteiger partial charge in [0.25, 0.3) is 24.6 Å². The van der Waals surface area contributed by atoms with Gasteiger partial charge in [0.1, 0.15) is 0 Å². The molecular weight excluding hydrogens is 312 g/mol. The lowest BCUT2D eigenvalue weighted by Gasteiger charge is -2.36. The van der Waals surface area contributed by atoms with E-state index in [1.165, 1.54) is 0 Å². The Hall–Kier alpha value is -1.12. The number of hydrogen-bond acceptors (Lipinski definition) is 1. The summed E-state index contributed by atoms with van der Waals surface area (Å²) in [4.78, 5) is 0. The second-order valence-corrected chi connectivity index (χ2v) is 4.13. The minimum atomic E-state index is -4.05. The summed E-state index contributed by atoms with van der Waals surface area (Å²) in [6, 6.07) is 0. The van der Waals surface area contributed by atoms with E-state index >= 15 is 0 Å². The lowest BCUT2D eigenvalue weighted by atomic mass is 10.1. The molecule has 0 aromatic carbocycles. The van der Waals surface area contributed by atoms with Crippen LogP contribution in [0.1, 0.15) is 12.8 Å². The number of rotatable bonds is 10. The van der Waals surface area contributed by atoms with Gasteiger partial charge in [-0.1, -0.05) is 12.2 Å². The predicted octanol–water partition coefficient (Wildman–Crippen LogP) is 4.69. The first-order valence-corrected chi connectivity index (χ1v) is 5.68. The van der Waals surface area contributed by atoms with Crippen LogP contribution in [0.2, 0.25) is 0 Å². The largest absolute Gasteiger partial charge is 0.302 e. The second-order valence-electron chi connectivity index (χ2n) is 4.13. The molecular formula is C12H14F8O. The van der Waals surface area contributed by atoms with Gasteiger partial charge in [-0.05, 0) is 0 Å². The van der Waals surface area contributed by atoms with E-state index in [0.29, 0.717) is 12.2 Å². The smallest absolute Gasteiger partial charge is 0.275 e. The molecule has 4 atom stereocenters. The predicted molar refractivity (Wildman–Crippen MR) is 60.2 cm³/mol. The average molecular weight is 326 g/mol. The van der Waals surface area contributed by atoms with Crippen molar-refractivity contribution in [3.63, 3.8) is 0 Å². The highest BCUT2D eigenvalue weighted by atomic mass is 19.3. The Balaban J connectivity index is 5.51. The third-order valence-corrected chi connectivity index (χ3v) is 2.45. The molecule has 21 heavy (non-hydrogen) atoms. The standard InChI is InChI=1S/C12H14F8O/c1-3-5-11(19,7(13)9(15)16)21-12(20,6-4-2)8(14)10(17)18/h3-4,7-10H,1-2,5-6H2. The minimum absolute atomic E-state index is 0.568. The van der Waals surface area contributed by atoms with Crippen LogP contribution < -0.4 is 0 Å². The second kappa shape index (κ2) is 7.77. The summed E-state index contributed by atoms with van der Waals surface area (Å²) in [5, 5.41) is 0. The highest BCUT2D eigenvalue weighted by molar-refractivity contribution is 4.94. The zero-order valence-electron chi connectivity index (χ0n) is 10.7. The Morgan fingerprint density at radius 3 is 1.24 bits per heavy atom. The molecule has 0 N–H and O–H groups in total. The summed E-state index contributed by atoms with van der Waals surface area (Å²) in [5.41, 5.74) is 0. The van der Waals surface area contributed by atoms with Crippen molar-refractivity contribution in [1.82, 2.24) is 0 Å². The van der Waals surface area contributed by atoms with E-state index in [2.05, 4.69) is 17.9 Å². The van der Waals surface area contributed by atoms with Crippen LogP contribution >= 0.6 is 0 Å². The first kappa shape index (κ1) is 19.9. The summed E-state index contributed by atoms with van der Waals surface area (Å²) in [6.45, 7) is 5.85. The van der Waals surface area contributed by atoms with Crippen molar-refractivity contribution in [1.29, 1.82) is 0 Å². The van der Waals surface area contributed by atoms with Crippen LogP contribution in [0.3, 0.4) is 0 Å². The van der Waals surface area contributed by atoms with Gasteiger partial charge in [0, 0.05) is 12.8 Å². The molecule has 0 amide bonds. The number of alkyl halides is 8. The molecule has 0 bridgehead atoms. The molecule has 0 fully saturated rings. The molecule has 0 heterocycles. The Kier molecular flexibility index (Phi) is 7.35. The van der Waals surface area contributed by atoms with Crippen molar-refractivity contribution >= 4 is 0 Å². The molecule has 0 aliphatic heterocycles. The lowest BCUT2D eigenvalue weighted by molar-refractivity contribution is -0.329. The highest BCUT2D eigenvalue weighted by Crippen LogP contribution is 2.40. The topological polar surface area (TPSA) is 9.23 Å². The quantitative estimate of drug-likeness (QED) is 0.418. The van der Waals surface area contributed by atoms with Crippen LogP contribution in [-0.2, 0) is 4.74 Å². The Morgan fingerprint density at radius 1 is 0.762 bits per heavy atom. The van der Waals surface area contributed by atoms with Crippen LogP contribution in [0.25, 0.3) is 0 Å². The molecule has 0 aromatic heterocycles. The fraction of sp³-hybridized carbons (Fsp3) is 0.667. The third-order valence-electron chi connectivity index (χ3n) is 2.45. The van der Waals surface area contributed by atoms with Crippen LogP contribution in [0, 0.1) is 0 Å². The van der Waals surface area contributed by atoms with Gasteiger partial charge in [-0.2, -0.15) is 0 Å². The third kappa shape index (κ3) is 4.98. The zero-order chi connectivity index (χ0) is 16.8. The molecule has 0 aromatic rings. The summed E-state index contributed by atoms with van der Waals surface area (Å²) >= 11 is 0. The first-order valence-electron chi connectivity index (χ1n) is 5.68. The van der Waals surface area contributed by atoms with Crippen molar-refractivity contribution in [3.8, 4) is 0 Å². The van der Waals surface area contributed by atoms with Crippen LogP contribution in [0.15, 0.2) is 25.3 Å². The van der Waals surface area contributed by atoms with Crippen LogP contribution in [0.5, 0.6) is 0 Å². The van der Waals surface area contributed by atoms with Crippen LogP contribution in [0.4, 0.5) is 35.1 Å². The summed E-state index contributed by atoms with van der Waals surface area (Å²) in [5.74, 6) is -8.10. The summed E-state index contributed by atoms with van der Waals surface area (Å²) < 4.78 is 107. The van der Waals surface area contributed by atoms with Gasteiger partial charge in [0.05, 0.1) is 0 Å². The summed E-state index contributed by atoms with van der Waals surface area (Å²) in [6.07, 6.45) is -16.7. The van der Waals surface area contributed by atoms with Crippen molar-refractivity contribution in [3.05, 3.63) is 25.3 Å². The fourth-order valence-corrected chi connectivity index (χ4v) is 1.47. The van der Waals surface area contributed by atoms with Crippen molar-refractivity contribution in [2.45, 2.75) is 49.7 Å². The van der Waals surface area contributed by atoms with Crippen LogP contribution in [-0.4, -0.2) is 36.9 Å². The van der Waals surface area contributed by atoms with Crippen molar-refractivity contribution in [2.24, 2.45) is 0 Å². The number of halogens is 8. The number of hydrogen-bond donors (Lipinski definition) is 0. The van der Waals surface area contributed by atoms with Crippen molar-refractivity contribution in [2.75, 3.05) is 0 Å². The van der Waals surface area contributed by atoms with E-state index in [-0.39, 0.29) is 0 Å². The maximum atomic E-state index is 14.0. The van der Waals surface area contributed by atoms with Gasteiger partial charge in [0.15, 0.2) is 0 Å². The molecule has 4 unspecified atom stereocenters. The summed E-state index contributed by atoms with van der Waals surface area (Å²) in [7, 11) is 0. The van der Waals surface area contributed by atoms with Gasteiger partial charge in [0.2, 0.25) is 12.3 Å². The van der Waals surface area contributed by atoms with E-state index in [4.69, 9.17) is 0 Å². The molecule has 0 rings (SSSR count).